The van der Waals surface area contributed by atoms with Crippen LogP contribution in [0.4, 0.5) is 0 Å². The summed E-state index contributed by atoms with van der Waals surface area (Å²) in [6.07, 6.45) is 9.68. The van der Waals surface area contributed by atoms with Gasteiger partial charge in [0.1, 0.15) is 0 Å². The number of ether oxygens (including phenoxy) is 1. The molecule has 1 N–H and O–H groups in total. The van der Waals surface area contributed by atoms with E-state index < -0.39 is 0 Å². The van der Waals surface area contributed by atoms with Gasteiger partial charge < -0.3 is 10.1 Å². The largest absolute Gasteiger partial charge is 0.380 e. The van der Waals surface area contributed by atoms with E-state index in [9.17, 15) is 0 Å². The standard InChI is InChI=1S/C15H19NO.ClH/c1-17-12-14-9-7-13(8-10-14)11-16-15-5-3-2-4-6-15;/h2-5,7-10,15-16H,6,11-12H2,1H3;1H. The van der Waals surface area contributed by atoms with Gasteiger partial charge in [0.2, 0.25) is 0 Å². The highest BCUT2D eigenvalue weighted by molar-refractivity contribution is 5.85. The molecule has 0 saturated heterocycles. The van der Waals surface area contributed by atoms with Crippen LogP contribution in [0.5, 0.6) is 0 Å². The van der Waals surface area contributed by atoms with E-state index in [1.54, 1.807) is 7.11 Å². The third-order valence-corrected chi connectivity index (χ3v) is 2.88. The minimum absolute atomic E-state index is 0. The number of halogens is 1. The van der Waals surface area contributed by atoms with Crippen molar-refractivity contribution >= 4 is 12.4 Å². The van der Waals surface area contributed by atoms with Gasteiger partial charge in [-0.25, -0.2) is 0 Å². The molecule has 0 amide bonds. The monoisotopic (exact) mass is 265 g/mol. The summed E-state index contributed by atoms with van der Waals surface area (Å²) in [4.78, 5) is 0. The van der Waals surface area contributed by atoms with Gasteiger partial charge in [-0.05, 0) is 17.5 Å². The molecule has 0 radical (unpaired) electrons. The van der Waals surface area contributed by atoms with Crippen molar-refractivity contribution in [2.75, 3.05) is 7.11 Å². The fourth-order valence-electron chi connectivity index (χ4n) is 1.90. The van der Waals surface area contributed by atoms with E-state index in [1.165, 1.54) is 11.1 Å². The highest BCUT2D eigenvalue weighted by Gasteiger charge is 2.03. The maximum atomic E-state index is 5.09. The fourth-order valence-corrected chi connectivity index (χ4v) is 1.90. The molecule has 0 heterocycles. The van der Waals surface area contributed by atoms with Crippen LogP contribution in [0.2, 0.25) is 0 Å². The smallest absolute Gasteiger partial charge is 0.0713 e. The molecule has 1 aliphatic rings. The van der Waals surface area contributed by atoms with Crippen LogP contribution in [-0.4, -0.2) is 13.2 Å². The molecular weight excluding hydrogens is 246 g/mol. The number of allylic oxidation sites excluding steroid dienone is 2. The van der Waals surface area contributed by atoms with Gasteiger partial charge >= 0.3 is 0 Å². The summed E-state index contributed by atoms with van der Waals surface area (Å²) in [5, 5.41) is 3.52. The molecule has 2 rings (SSSR count). The zero-order chi connectivity index (χ0) is 11.9. The topological polar surface area (TPSA) is 21.3 Å². The lowest BCUT2D eigenvalue weighted by molar-refractivity contribution is 0.185. The van der Waals surface area contributed by atoms with Crippen LogP contribution in [0.25, 0.3) is 0 Å². The lowest BCUT2D eigenvalue weighted by Gasteiger charge is -2.15. The van der Waals surface area contributed by atoms with Gasteiger partial charge in [-0.1, -0.05) is 48.6 Å². The molecule has 1 aromatic rings. The Morgan fingerprint density at radius 3 is 2.50 bits per heavy atom. The maximum absolute atomic E-state index is 5.09. The van der Waals surface area contributed by atoms with Crippen molar-refractivity contribution in [2.24, 2.45) is 0 Å². The van der Waals surface area contributed by atoms with E-state index in [1.807, 2.05) is 0 Å². The van der Waals surface area contributed by atoms with Gasteiger partial charge in [0, 0.05) is 19.7 Å². The second-order valence-corrected chi connectivity index (χ2v) is 4.29. The molecule has 0 aromatic heterocycles. The molecule has 0 saturated carbocycles. The van der Waals surface area contributed by atoms with Gasteiger partial charge in [0.25, 0.3) is 0 Å². The Morgan fingerprint density at radius 1 is 1.17 bits per heavy atom. The lowest BCUT2D eigenvalue weighted by atomic mass is 10.1. The number of hydrogen-bond donors (Lipinski definition) is 1. The second-order valence-electron chi connectivity index (χ2n) is 4.29. The van der Waals surface area contributed by atoms with Crippen molar-refractivity contribution in [3.05, 3.63) is 59.7 Å². The van der Waals surface area contributed by atoms with Gasteiger partial charge in [-0.15, -0.1) is 12.4 Å². The van der Waals surface area contributed by atoms with Gasteiger partial charge in [-0.3, -0.25) is 0 Å². The molecule has 1 aromatic carbocycles. The zero-order valence-electron chi connectivity index (χ0n) is 10.6. The predicted octanol–water partition coefficient (Wildman–Crippen LogP) is 3.23. The summed E-state index contributed by atoms with van der Waals surface area (Å²) in [5.41, 5.74) is 2.53. The van der Waals surface area contributed by atoms with Gasteiger partial charge in [-0.2, -0.15) is 0 Å². The van der Waals surface area contributed by atoms with E-state index in [-0.39, 0.29) is 12.4 Å². The second kappa shape index (κ2) is 8.09. The van der Waals surface area contributed by atoms with Crippen LogP contribution in [0.3, 0.4) is 0 Å². The zero-order valence-corrected chi connectivity index (χ0v) is 11.5. The van der Waals surface area contributed by atoms with E-state index in [0.29, 0.717) is 12.6 Å². The van der Waals surface area contributed by atoms with Crippen LogP contribution >= 0.6 is 12.4 Å². The summed E-state index contributed by atoms with van der Waals surface area (Å²) < 4.78 is 5.09. The Bertz CT molecular complexity index is 397. The maximum Gasteiger partial charge on any atom is 0.0713 e. The van der Waals surface area contributed by atoms with Crippen LogP contribution in [0, 0.1) is 0 Å². The Hall–Kier alpha value is -1.09. The molecule has 98 valence electrons. The third kappa shape index (κ3) is 4.65. The van der Waals surface area contributed by atoms with Crippen LogP contribution < -0.4 is 5.32 Å². The molecule has 2 nitrogen and oxygen atoms in total. The number of hydrogen-bond acceptors (Lipinski definition) is 2. The van der Waals surface area contributed by atoms with Crippen molar-refractivity contribution in [3.8, 4) is 0 Å². The molecule has 1 aliphatic carbocycles. The molecule has 0 bridgehead atoms. The van der Waals surface area contributed by atoms with Crippen molar-refractivity contribution in [3.63, 3.8) is 0 Å². The van der Waals surface area contributed by atoms with Crippen molar-refractivity contribution in [1.29, 1.82) is 0 Å². The number of nitrogens with one attached hydrogen (secondary N) is 1. The first-order valence-electron chi connectivity index (χ1n) is 6.02. The summed E-state index contributed by atoms with van der Waals surface area (Å²) >= 11 is 0. The van der Waals surface area contributed by atoms with E-state index in [4.69, 9.17) is 4.74 Å². The molecule has 1 atom stereocenters. The fraction of sp³-hybridized carbons (Fsp3) is 0.333. The summed E-state index contributed by atoms with van der Waals surface area (Å²) in [7, 11) is 1.72. The third-order valence-electron chi connectivity index (χ3n) is 2.88. The van der Waals surface area contributed by atoms with E-state index in [2.05, 4.69) is 53.9 Å². The average Bonchev–Trinajstić information content (AvgIpc) is 2.40. The molecule has 0 spiro atoms. The number of benzene rings is 1. The lowest BCUT2D eigenvalue weighted by Crippen LogP contribution is -2.26. The van der Waals surface area contributed by atoms with Crippen LogP contribution in [0.1, 0.15) is 17.5 Å². The highest BCUT2D eigenvalue weighted by Crippen LogP contribution is 2.07. The van der Waals surface area contributed by atoms with E-state index in [0.717, 1.165) is 13.0 Å². The highest BCUT2D eigenvalue weighted by atomic mass is 35.5. The molecule has 3 heteroatoms. The van der Waals surface area contributed by atoms with Gasteiger partial charge in [0.05, 0.1) is 6.61 Å². The van der Waals surface area contributed by atoms with Crippen LogP contribution in [0.15, 0.2) is 48.6 Å². The van der Waals surface area contributed by atoms with Gasteiger partial charge in [0.15, 0.2) is 0 Å². The molecule has 0 fully saturated rings. The van der Waals surface area contributed by atoms with Crippen molar-refractivity contribution in [2.45, 2.75) is 25.6 Å². The number of methoxy groups -OCH3 is 1. The molecule has 1 unspecified atom stereocenters. The quantitative estimate of drug-likeness (QED) is 0.883. The first kappa shape index (κ1) is 15.0. The summed E-state index contributed by atoms with van der Waals surface area (Å²) in [5.74, 6) is 0. The van der Waals surface area contributed by atoms with Crippen molar-refractivity contribution < 1.29 is 4.74 Å². The minimum atomic E-state index is 0. The first-order valence-corrected chi connectivity index (χ1v) is 6.02. The Labute approximate surface area is 115 Å². The van der Waals surface area contributed by atoms with Crippen LogP contribution in [-0.2, 0) is 17.9 Å². The Balaban J connectivity index is 0.00000162. The van der Waals surface area contributed by atoms with E-state index >= 15 is 0 Å². The molecular formula is C15H20ClNO. The first-order chi connectivity index (χ1) is 8.38. The summed E-state index contributed by atoms with van der Waals surface area (Å²) in [6, 6.07) is 9.03. The Kier molecular flexibility index (Phi) is 6.73. The molecule has 0 aliphatic heterocycles. The van der Waals surface area contributed by atoms with Crippen molar-refractivity contribution in [1.82, 2.24) is 5.32 Å². The average molecular weight is 266 g/mol. The molecule has 18 heavy (non-hydrogen) atoms. The SMILES string of the molecule is COCc1ccc(CNC2C=CC=CC2)cc1.Cl. The summed E-state index contributed by atoms with van der Waals surface area (Å²) in [6.45, 7) is 1.60. The Morgan fingerprint density at radius 2 is 1.89 bits per heavy atom. The number of rotatable bonds is 5. The minimum Gasteiger partial charge on any atom is -0.380 e. The normalized spacial score (nSPS) is 17.5. The predicted molar refractivity (Wildman–Crippen MR) is 77.9 cm³/mol.